The second kappa shape index (κ2) is 7.80. The lowest BCUT2D eigenvalue weighted by molar-refractivity contribution is 0.0295. The zero-order chi connectivity index (χ0) is 15.2. The summed E-state index contributed by atoms with van der Waals surface area (Å²) >= 11 is 0. The molecular formula is C18H31NO. The Morgan fingerprint density at radius 2 is 1.70 bits per heavy atom. The van der Waals surface area contributed by atoms with Crippen LogP contribution in [-0.4, -0.2) is 19.8 Å². The quantitative estimate of drug-likeness (QED) is 0.795. The van der Waals surface area contributed by atoms with Gasteiger partial charge in [0.15, 0.2) is 0 Å². The first-order valence-electron chi connectivity index (χ1n) is 7.83. The van der Waals surface area contributed by atoms with Crippen molar-refractivity contribution in [1.29, 1.82) is 0 Å². The molecule has 2 unspecified atom stereocenters. The van der Waals surface area contributed by atoms with Gasteiger partial charge in [0.1, 0.15) is 0 Å². The van der Waals surface area contributed by atoms with Gasteiger partial charge in [0.05, 0.1) is 12.1 Å². The minimum absolute atomic E-state index is 0.205. The molecule has 2 heteroatoms. The van der Waals surface area contributed by atoms with Crippen molar-refractivity contribution in [1.82, 2.24) is 5.32 Å². The molecule has 0 aliphatic carbocycles. The highest BCUT2D eigenvalue weighted by molar-refractivity contribution is 5.29. The Labute approximate surface area is 124 Å². The molecule has 114 valence electrons. The van der Waals surface area contributed by atoms with Crippen LogP contribution in [-0.2, 0) is 10.2 Å². The summed E-state index contributed by atoms with van der Waals surface area (Å²) in [6.07, 6.45) is 2.47. The summed E-state index contributed by atoms with van der Waals surface area (Å²) in [5.41, 5.74) is 2.89. The van der Waals surface area contributed by atoms with Crippen molar-refractivity contribution in [3.63, 3.8) is 0 Å². The van der Waals surface area contributed by atoms with E-state index in [0.29, 0.717) is 0 Å². The lowest BCUT2D eigenvalue weighted by atomic mass is 9.85. The first kappa shape index (κ1) is 17.2. The van der Waals surface area contributed by atoms with Crippen LogP contribution in [0.1, 0.15) is 64.6 Å². The van der Waals surface area contributed by atoms with Gasteiger partial charge in [0, 0.05) is 6.61 Å². The molecule has 0 bridgehead atoms. The minimum atomic E-state index is 0.205. The number of rotatable bonds is 7. The second-order valence-corrected chi connectivity index (χ2v) is 6.42. The van der Waals surface area contributed by atoms with Crippen LogP contribution in [0.15, 0.2) is 24.3 Å². The van der Waals surface area contributed by atoms with Gasteiger partial charge in [-0.15, -0.1) is 0 Å². The van der Waals surface area contributed by atoms with Gasteiger partial charge in [0.2, 0.25) is 0 Å². The van der Waals surface area contributed by atoms with E-state index in [2.05, 4.69) is 64.2 Å². The number of nitrogens with one attached hydrogen (secondary N) is 1. The molecule has 0 spiro atoms. The topological polar surface area (TPSA) is 21.3 Å². The van der Waals surface area contributed by atoms with E-state index in [1.54, 1.807) is 0 Å². The molecule has 0 fully saturated rings. The fraction of sp³-hybridized carbons (Fsp3) is 0.667. The fourth-order valence-corrected chi connectivity index (χ4v) is 2.60. The summed E-state index contributed by atoms with van der Waals surface area (Å²) in [4.78, 5) is 0. The molecule has 1 aromatic rings. The van der Waals surface area contributed by atoms with Gasteiger partial charge >= 0.3 is 0 Å². The van der Waals surface area contributed by atoms with E-state index in [1.807, 2.05) is 7.05 Å². The molecule has 1 N–H and O–H groups in total. The molecule has 0 aliphatic heterocycles. The molecule has 0 saturated heterocycles. The molecule has 0 saturated carbocycles. The van der Waals surface area contributed by atoms with Gasteiger partial charge < -0.3 is 10.1 Å². The Balaban J connectivity index is 2.93. The molecule has 0 amide bonds. The average molecular weight is 277 g/mol. The van der Waals surface area contributed by atoms with Crippen LogP contribution in [0.2, 0.25) is 0 Å². The van der Waals surface area contributed by atoms with Crippen molar-refractivity contribution < 1.29 is 4.74 Å². The van der Waals surface area contributed by atoms with E-state index in [0.717, 1.165) is 19.4 Å². The normalized spacial score (nSPS) is 15.1. The molecule has 2 nitrogen and oxygen atoms in total. The standard InChI is InChI=1S/C18H31NO/c1-7-9-16(20-8-2)17(19-6)14-10-12-15(13-11-14)18(3,4)5/h10-13,16-17,19H,7-9H2,1-6H3. The van der Waals surface area contributed by atoms with Gasteiger partial charge in [-0.3, -0.25) is 0 Å². The molecule has 0 heterocycles. The summed E-state index contributed by atoms with van der Waals surface area (Å²) in [6, 6.07) is 9.24. The van der Waals surface area contributed by atoms with Crippen molar-refractivity contribution in [3.05, 3.63) is 35.4 Å². The van der Waals surface area contributed by atoms with E-state index in [9.17, 15) is 0 Å². The fourth-order valence-electron chi connectivity index (χ4n) is 2.60. The summed E-state index contributed by atoms with van der Waals surface area (Å²) in [7, 11) is 2.02. The third kappa shape index (κ3) is 4.60. The van der Waals surface area contributed by atoms with Crippen LogP contribution in [0.4, 0.5) is 0 Å². The number of hydrogen-bond donors (Lipinski definition) is 1. The van der Waals surface area contributed by atoms with Crippen LogP contribution in [0.5, 0.6) is 0 Å². The maximum absolute atomic E-state index is 5.92. The Morgan fingerprint density at radius 3 is 2.10 bits per heavy atom. The predicted molar refractivity (Wildman–Crippen MR) is 87.3 cm³/mol. The Bertz CT molecular complexity index is 371. The molecule has 0 aliphatic rings. The van der Waals surface area contributed by atoms with Crippen LogP contribution in [0.3, 0.4) is 0 Å². The summed E-state index contributed by atoms with van der Waals surface area (Å²) < 4.78 is 5.92. The SMILES string of the molecule is CCCC(OCC)C(NC)c1ccc(C(C)(C)C)cc1. The van der Waals surface area contributed by atoms with E-state index < -0.39 is 0 Å². The summed E-state index contributed by atoms with van der Waals surface area (Å²) in [5, 5.41) is 3.42. The Morgan fingerprint density at radius 1 is 1.10 bits per heavy atom. The van der Waals surface area contributed by atoms with Gasteiger partial charge in [-0.25, -0.2) is 0 Å². The number of hydrogen-bond acceptors (Lipinski definition) is 2. The van der Waals surface area contributed by atoms with E-state index >= 15 is 0 Å². The highest BCUT2D eigenvalue weighted by Crippen LogP contribution is 2.27. The highest BCUT2D eigenvalue weighted by Gasteiger charge is 2.22. The van der Waals surface area contributed by atoms with Gasteiger partial charge in [-0.05, 0) is 36.9 Å². The van der Waals surface area contributed by atoms with E-state index in [4.69, 9.17) is 4.74 Å². The molecule has 1 aromatic carbocycles. The predicted octanol–water partition coefficient (Wildman–Crippen LogP) is 4.45. The van der Waals surface area contributed by atoms with Crippen LogP contribution in [0, 0.1) is 0 Å². The van der Waals surface area contributed by atoms with Crippen molar-refractivity contribution in [2.75, 3.05) is 13.7 Å². The van der Waals surface area contributed by atoms with Crippen LogP contribution < -0.4 is 5.32 Å². The zero-order valence-electron chi connectivity index (χ0n) is 14.0. The molecular weight excluding hydrogens is 246 g/mol. The van der Waals surface area contributed by atoms with Crippen LogP contribution >= 0.6 is 0 Å². The number of ether oxygens (including phenoxy) is 1. The molecule has 20 heavy (non-hydrogen) atoms. The minimum Gasteiger partial charge on any atom is -0.377 e. The maximum atomic E-state index is 5.92. The smallest absolute Gasteiger partial charge is 0.0769 e. The van der Waals surface area contributed by atoms with Gasteiger partial charge in [-0.2, -0.15) is 0 Å². The molecule has 2 atom stereocenters. The lowest BCUT2D eigenvalue weighted by Crippen LogP contribution is -2.31. The number of likely N-dealkylation sites (N-methyl/N-ethyl adjacent to an activating group) is 1. The third-order valence-corrected chi connectivity index (χ3v) is 3.77. The summed E-state index contributed by atoms with van der Waals surface area (Å²) in [6.45, 7) is 11.8. The van der Waals surface area contributed by atoms with Crippen molar-refractivity contribution in [2.24, 2.45) is 0 Å². The first-order chi connectivity index (χ1) is 9.43. The third-order valence-electron chi connectivity index (χ3n) is 3.77. The summed E-state index contributed by atoms with van der Waals surface area (Å²) in [5.74, 6) is 0. The van der Waals surface area contributed by atoms with Crippen molar-refractivity contribution in [2.45, 2.75) is 65.0 Å². The van der Waals surface area contributed by atoms with E-state index in [-0.39, 0.29) is 17.6 Å². The van der Waals surface area contributed by atoms with E-state index in [1.165, 1.54) is 11.1 Å². The maximum Gasteiger partial charge on any atom is 0.0769 e. The van der Waals surface area contributed by atoms with Crippen molar-refractivity contribution >= 4 is 0 Å². The average Bonchev–Trinajstić information content (AvgIpc) is 2.39. The molecule has 0 radical (unpaired) electrons. The first-order valence-corrected chi connectivity index (χ1v) is 7.83. The monoisotopic (exact) mass is 277 g/mol. The molecule has 1 rings (SSSR count). The Hall–Kier alpha value is -0.860. The Kier molecular flexibility index (Phi) is 6.70. The highest BCUT2D eigenvalue weighted by atomic mass is 16.5. The molecule has 0 aromatic heterocycles. The van der Waals surface area contributed by atoms with Crippen LogP contribution in [0.25, 0.3) is 0 Å². The second-order valence-electron chi connectivity index (χ2n) is 6.42. The lowest BCUT2D eigenvalue weighted by Gasteiger charge is -2.28. The van der Waals surface area contributed by atoms with Crippen molar-refractivity contribution in [3.8, 4) is 0 Å². The zero-order valence-corrected chi connectivity index (χ0v) is 14.0. The number of benzene rings is 1. The van der Waals surface area contributed by atoms with Gasteiger partial charge in [-0.1, -0.05) is 58.4 Å². The largest absolute Gasteiger partial charge is 0.377 e. The van der Waals surface area contributed by atoms with Gasteiger partial charge in [0.25, 0.3) is 0 Å².